The summed E-state index contributed by atoms with van der Waals surface area (Å²) >= 11 is 0. The van der Waals surface area contributed by atoms with Crippen LogP contribution in [-0.4, -0.2) is 29.9 Å². The Balaban J connectivity index is 1.51. The highest BCUT2D eigenvalue weighted by Crippen LogP contribution is 2.51. The third kappa shape index (κ3) is 1.52. The summed E-state index contributed by atoms with van der Waals surface area (Å²) in [5.41, 5.74) is 0. The minimum atomic E-state index is -0.0497. The van der Waals surface area contributed by atoms with Crippen LogP contribution in [0.5, 0.6) is 0 Å². The molecule has 3 rings (SSSR count). The Labute approximate surface area is 89.5 Å². The molecule has 0 bridgehead atoms. The van der Waals surface area contributed by atoms with E-state index in [2.05, 4.69) is 12.2 Å². The summed E-state index contributed by atoms with van der Waals surface area (Å²) < 4.78 is 0. The second-order valence-electron chi connectivity index (χ2n) is 5.21. The quantitative estimate of drug-likeness (QED) is 0.494. The largest absolute Gasteiger partial charge is 0.324 e. The van der Waals surface area contributed by atoms with Crippen molar-refractivity contribution in [3.05, 3.63) is 0 Å². The lowest BCUT2D eigenvalue weighted by molar-refractivity contribution is 0.206. The van der Waals surface area contributed by atoms with Gasteiger partial charge in [-0.1, -0.05) is 6.92 Å². The average molecular weight is 207 g/mol. The molecule has 1 heterocycles. The fourth-order valence-corrected chi connectivity index (χ4v) is 2.66. The van der Waals surface area contributed by atoms with Crippen molar-refractivity contribution in [2.24, 2.45) is 23.7 Å². The summed E-state index contributed by atoms with van der Waals surface area (Å²) in [5.74, 6) is 3.06. The molecule has 2 amide bonds. The maximum absolute atomic E-state index is 11.7. The van der Waals surface area contributed by atoms with Crippen molar-refractivity contribution in [1.82, 2.24) is 10.2 Å². The van der Waals surface area contributed by atoms with Gasteiger partial charge in [-0.2, -0.15) is 0 Å². The molecule has 2 aliphatic carbocycles. The molecule has 2 saturated carbocycles. The highest BCUT2D eigenvalue weighted by molar-refractivity contribution is 5.98. The predicted molar refractivity (Wildman–Crippen MR) is 56.7 cm³/mol. The molecule has 3 fully saturated rings. The average Bonchev–Trinajstić information content (AvgIpc) is 3.08. The number of nitrogens with one attached hydrogen (secondary N) is 2. The Morgan fingerprint density at radius 1 is 1.33 bits per heavy atom. The second-order valence-corrected chi connectivity index (χ2v) is 5.21. The first-order chi connectivity index (χ1) is 7.16. The van der Waals surface area contributed by atoms with Crippen LogP contribution >= 0.6 is 0 Å². The minimum absolute atomic E-state index is 0.0497. The number of carbonyl (C=O) groups is 1. The van der Waals surface area contributed by atoms with Crippen molar-refractivity contribution >= 4 is 11.9 Å². The van der Waals surface area contributed by atoms with Gasteiger partial charge in [0.25, 0.3) is 0 Å². The Morgan fingerprint density at radius 3 is 2.47 bits per heavy atom. The van der Waals surface area contributed by atoms with Crippen molar-refractivity contribution < 1.29 is 4.79 Å². The maximum atomic E-state index is 11.7. The van der Waals surface area contributed by atoms with Crippen molar-refractivity contribution in [3.8, 4) is 0 Å². The molecule has 3 aliphatic rings. The number of nitrogens with zero attached hydrogens (tertiary/aromatic N) is 1. The number of hydrogen-bond donors (Lipinski definition) is 2. The number of amides is 2. The van der Waals surface area contributed by atoms with Crippen molar-refractivity contribution in [1.29, 1.82) is 5.41 Å². The number of amidine groups is 1. The fourth-order valence-electron chi connectivity index (χ4n) is 2.66. The van der Waals surface area contributed by atoms with E-state index in [9.17, 15) is 4.79 Å². The number of piperidine rings is 1. The summed E-state index contributed by atoms with van der Waals surface area (Å²) in [5, 5.41) is 10.4. The lowest BCUT2D eigenvalue weighted by Gasteiger charge is -2.19. The SMILES string of the molecule is CC1C2CN(C(=O)NC(=N)C3CC3)CC12. The zero-order chi connectivity index (χ0) is 10.6. The lowest BCUT2D eigenvalue weighted by atomic mass is 10.3. The molecular weight excluding hydrogens is 190 g/mol. The molecule has 4 heteroatoms. The van der Waals surface area contributed by atoms with Gasteiger partial charge in [0, 0.05) is 19.0 Å². The summed E-state index contributed by atoms with van der Waals surface area (Å²) in [4.78, 5) is 13.6. The standard InChI is InChI=1S/C11H17N3O/c1-6-8-4-14(5-9(6)8)11(15)13-10(12)7-2-3-7/h6-9H,2-5H2,1H3,(H2,12,13,15). The monoisotopic (exact) mass is 207 g/mol. The smallest absolute Gasteiger partial charge is 0.322 e. The van der Waals surface area contributed by atoms with Crippen LogP contribution in [0.2, 0.25) is 0 Å². The third-order valence-corrected chi connectivity index (χ3v) is 4.14. The van der Waals surface area contributed by atoms with Gasteiger partial charge in [0.15, 0.2) is 0 Å². The topological polar surface area (TPSA) is 56.2 Å². The van der Waals surface area contributed by atoms with E-state index < -0.39 is 0 Å². The Kier molecular flexibility index (Phi) is 1.82. The number of hydrogen-bond acceptors (Lipinski definition) is 2. The Hall–Kier alpha value is -1.06. The molecule has 0 aromatic heterocycles. The number of fused-ring (bicyclic) bond motifs is 1. The van der Waals surface area contributed by atoms with Gasteiger partial charge in [0.1, 0.15) is 5.84 Å². The van der Waals surface area contributed by atoms with Crippen LogP contribution in [0.1, 0.15) is 19.8 Å². The van der Waals surface area contributed by atoms with Gasteiger partial charge in [-0.05, 0) is 30.6 Å². The first-order valence-corrected chi connectivity index (χ1v) is 5.81. The predicted octanol–water partition coefficient (Wildman–Crippen LogP) is 1.28. The summed E-state index contributed by atoms with van der Waals surface area (Å²) in [6.07, 6.45) is 2.14. The number of urea groups is 1. The molecule has 2 N–H and O–H groups in total. The summed E-state index contributed by atoms with van der Waals surface area (Å²) in [6, 6.07) is -0.0497. The molecule has 15 heavy (non-hydrogen) atoms. The van der Waals surface area contributed by atoms with E-state index >= 15 is 0 Å². The van der Waals surface area contributed by atoms with E-state index in [1.807, 2.05) is 4.90 Å². The number of carbonyl (C=O) groups excluding carboxylic acids is 1. The maximum Gasteiger partial charge on any atom is 0.322 e. The van der Waals surface area contributed by atoms with Crippen molar-refractivity contribution in [2.45, 2.75) is 19.8 Å². The summed E-state index contributed by atoms with van der Waals surface area (Å²) in [6.45, 7) is 4.06. The van der Waals surface area contributed by atoms with Crippen LogP contribution in [-0.2, 0) is 0 Å². The van der Waals surface area contributed by atoms with Crippen LogP contribution in [0.4, 0.5) is 4.79 Å². The second kappa shape index (κ2) is 2.97. The first kappa shape index (κ1) is 9.19. The van der Waals surface area contributed by atoms with Crippen LogP contribution in [0.25, 0.3) is 0 Å². The highest BCUT2D eigenvalue weighted by Gasteiger charge is 2.53. The van der Waals surface area contributed by atoms with Gasteiger partial charge in [-0.15, -0.1) is 0 Å². The molecule has 0 radical (unpaired) electrons. The van der Waals surface area contributed by atoms with E-state index in [1.165, 1.54) is 0 Å². The van der Waals surface area contributed by atoms with E-state index in [4.69, 9.17) is 5.41 Å². The van der Waals surface area contributed by atoms with Crippen LogP contribution in [0, 0.1) is 29.1 Å². The molecule has 2 atom stereocenters. The normalized spacial score (nSPS) is 37.4. The molecule has 1 saturated heterocycles. The van der Waals surface area contributed by atoms with Crippen LogP contribution < -0.4 is 5.32 Å². The van der Waals surface area contributed by atoms with Crippen LogP contribution in [0.3, 0.4) is 0 Å². The highest BCUT2D eigenvalue weighted by atomic mass is 16.2. The van der Waals surface area contributed by atoms with Gasteiger partial charge in [0.2, 0.25) is 0 Å². The van der Waals surface area contributed by atoms with E-state index in [0.29, 0.717) is 11.8 Å². The Bertz CT molecular complexity index is 312. The molecule has 4 nitrogen and oxygen atoms in total. The molecular formula is C11H17N3O. The molecule has 0 aromatic rings. The van der Waals surface area contributed by atoms with E-state index in [-0.39, 0.29) is 6.03 Å². The summed E-state index contributed by atoms with van der Waals surface area (Å²) in [7, 11) is 0. The molecule has 0 spiro atoms. The zero-order valence-corrected chi connectivity index (χ0v) is 8.99. The van der Waals surface area contributed by atoms with E-state index in [0.717, 1.165) is 43.7 Å². The van der Waals surface area contributed by atoms with Gasteiger partial charge in [-0.25, -0.2) is 4.79 Å². The zero-order valence-electron chi connectivity index (χ0n) is 8.99. The van der Waals surface area contributed by atoms with Gasteiger partial charge in [-0.3, -0.25) is 10.7 Å². The number of rotatable bonds is 1. The number of likely N-dealkylation sites (tertiary alicyclic amines) is 1. The molecule has 0 aromatic carbocycles. The van der Waals surface area contributed by atoms with Gasteiger partial charge in [0.05, 0.1) is 0 Å². The Morgan fingerprint density at radius 2 is 1.93 bits per heavy atom. The lowest BCUT2D eigenvalue weighted by Crippen LogP contribution is -2.43. The van der Waals surface area contributed by atoms with Gasteiger partial charge < -0.3 is 4.90 Å². The minimum Gasteiger partial charge on any atom is -0.324 e. The fraction of sp³-hybridized carbons (Fsp3) is 0.818. The molecule has 1 aliphatic heterocycles. The third-order valence-electron chi connectivity index (χ3n) is 4.14. The van der Waals surface area contributed by atoms with Crippen molar-refractivity contribution in [2.75, 3.05) is 13.1 Å². The van der Waals surface area contributed by atoms with Crippen molar-refractivity contribution in [3.63, 3.8) is 0 Å². The van der Waals surface area contributed by atoms with Crippen LogP contribution in [0.15, 0.2) is 0 Å². The first-order valence-electron chi connectivity index (χ1n) is 5.81. The molecule has 82 valence electrons. The van der Waals surface area contributed by atoms with E-state index in [1.54, 1.807) is 0 Å². The molecule has 2 unspecified atom stereocenters. The van der Waals surface area contributed by atoms with Gasteiger partial charge >= 0.3 is 6.03 Å².